The van der Waals surface area contributed by atoms with E-state index in [9.17, 15) is 38.9 Å². The second-order valence-electron chi connectivity index (χ2n) is 9.48. The van der Waals surface area contributed by atoms with Crippen LogP contribution in [0.2, 0.25) is 0 Å². The van der Waals surface area contributed by atoms with Gasteiger partial charge in [0.25, 0.3) is 0 Å². The van der Waals surface area contributed by atoms with Crippen molar-refractivity contribution in [2.24, 2.45) is 0 Å². The van der Waals surface area contributed by atoms with Gasteiger partial charge in [-0.2, -0.15) is 0 Å². The number of rotatable bonds is 3. The number of anilines is 3. The predicted octanol–water partition coefficient (Wildman–Crippen LogP) is 3.60. The third kappa shape index (κ3) is 8.28. The Hall–Kier alpha value is -3.89. The second kappa shape index (κ2) is 14.3. The summed E-state index contributed by atoms with van der Waals surface area (Å²) in [5.74, 6) is 0. The maximum absolute atomic E-state index is 11.0. The van der Waals surface area contributed by atoms with Gasteiger partial charge in [0.05, 0.1) is 14.7 Å². The second-order valence-corrected chi connectivity index (χ2v) is 13.4. The average Bonchev–Trinajstić information content (AvgIpc) is 2.95. The Balaban J connectivity index is 0.000000186. The number of hydrogen-bond donors (Lipinski definition) is 3. The third-order valence-corrected chi connectivity index (χ3v) is 9.35. The van der Waals surface area contributed by atoms with Gasteiger partial charge < -0.3 is 30.9 Å². The molecule has 0 fully saturated rings. The van der Waals surface area contributed by atoms with Crippen LogP contribution in [0.4, 0.5) is 17.1 Å². The zero-order valence-electron chi connectivity index (χ0n) is 23.5. The monoisotopic (exact) mass is 875 g/mol. The average molecular weight is 876 g/mol. The van der Waals surface area contributed by atoms with Gasteiger partial charge in [0.1, 0.15) is 30.4 Å². The van der Waals surface area contributed by atoms with Gasteiger partial charge in [0, 0.05) is 33.2 Å². The first-order chi connectivity index (χ1) is 21.0. The fourth-order valence-corrected chi connectivity index (χ4v) is 7.05. The predicted molar refractivity (Wildman–Crippen MR) is 175 cm³/mol. The van der Waals surface area contributed by atoms with E-state index in [-0.39, 0.29) is 58.0 Å². The molecule has 6 aromatic carbocycles. The molecule has 0 atom stereocenters. The first-order valence-electron chi connectivity index (χ1n) is 12.7. The van der Waals surface area contributed by atoms with Crippen LogP contribution in [-0.2, 0) is 30.4 Å². The Morgan fingerprint density at radius 3 is 0.804 bits per heavy atom. The fraction of sp³-hybridized carbons (Fsp3) is 0. The number of benzene rings is 6. The summed E-state index contributed by atoms with van der Waals surface area (Å²) in [6.07, 6.45) is 0. The summed E-state index contributed by atoms with van der Waals surface area (Å²) in [5.41, 5.74) is 16.4. The van der Waals surface area contributed by atoms with Crippen LogP contribution in [0, 0.1) is 0 Å². The van der Waals surface area contributed by atoms with Crippen LogP contribution in [0.3, 0.4) is 0 Å². The minimum absolute atomic E-state index is 0. The van der Waals surface area contributed by atoms with Gasteiger partial charge >= 0.3 is 26.2 Å². The summed E-state index contributed by atoms with van der Waals surface area (Å²) in [5, 5.41) is 3.15. The van der Waals surface area contributed by atoms with Crippen LogP contribution < -0.4 is 17.2 Å². The Kier molecular flexibility index (Phi) is 11.3. The molecule has 6 rings (SSSR count). The molecule has 0 aromatic heterocycles. The van der Waals surface area contributed by atoms with Crippen molar-refractivity contribution >= 4 is 106 Å². The maximum atomic E-state index is 11.0. The molecule has 6 aromatic rings. The molecule has 2 radical (unpaired) electrons. The van der Waals surface area contributed by atoms with E-state index in [2.05, 4.69) is 0 Å². The van der Waals surface area contributed by atoms with E-state index in [1.165, 1.54) is 18.2 Å². The molecule has 0 aliphatic carbocycles. The van der Waals surface area contributed by atoms with Crippen LogP contribution >= 0.6 is 0 Å². The van der Waals surface area contributed by atoms with E-state index in [1.807, 2.05) is 0 Å². The first-order valence-corrected chi connectivity index (χ1v) is 16.9. The molecule has 0 aliphatic rings. The van der Waals surface area contributed by atoms with Crippen LogP contribution in [0.5, 0.6) is 0 Å². The summed E-state index contributed by atoms with van der Waals surface area (Å²) >= 11 is 0. The molecule has 0 spiro atoms. The topological polar surface area (TPSA) is 250 Å². The van der Waals surface area contributed by atoms with Gasteiger partial charge in [-0.3, -0.25) is 0 Å². The molecule has 16 heteroatoms. The Morgan fingerprint density at radius 2 is 0.587 bits per heavy atom. The van der Waals surface area contributed by atoms with Crippen molar-refractivity contribution in [3.63, 3.8) is 0 Å². The Morgan fingerprint density at radius 1 is 0.370 bits per heavy atom. The third-order valence-electron chi connectivity index (χ3n) is 6.48. The molecule has 0 bridgehead atoms. The molecule has 0 aliphatic heterocycles. The fourth-order valence-electron chi connectivity index (χ4n) is 4.62. The van der Waals surface area contributed by atoms with Crippen molar-refractivity contribution in [3.05, 3.63) is 109 Å². The van der Waals surface area contributed by atoms with Gasteiger partial charge in [-0.1, -0.05) is 91.0 Å². The molecule has 0 amide bonds. The number of hydrogen-bond acceptors (Lipinski definition) is 12. The summed E-state index contributed by atoms with van der Waals surface area (Å²) in [6.45, 7) is 0. The van der Waals surface area contributed by atoms with Gasteiger partial charge in [-0.05, 0) is 34.4 Å². The van der Waals surface area contributed by atoms with Crippen molar-refractivity contribution in [1.29, 1.82) is 0 Å². The largest absolute Gasteiger partial charge is 3.00 e. The zero-order chi connectivity index (χ0) is 33.2. The Labute approximate surface area is 284 Å². The summed E-state index contributed by atoms with van der Waals surface area (Å²) in [7, 11) is -13.6. The standard InChI is InChI=1S/3C10H9NO3S.Bi/c3*11-9-6-5-7-3-1-2-4-8(7)10(9)15(12,13)14;/h3*1-6H,11H2,(H,12,13,14);/q;;;+3/p-3. The van der Waals surface area contributed by atoms with Crippen LogP contribution in [-0.4, -0.2) is 65.1 Å². The van der Waals surface area contributed by atoms with Crippen molar-refractivity contribution < 1.29 is 38.9 Å². The molecule has 6 N–H and O–H groups in total. The molecule has 46 heavy (non-hydrogen) atoms. The SMILES string of the molecule is Nc1ccc2ccccc2c1S(=O)(=O)[O-].Nc1ccc2ccccc2c1S(=O)(=O)[O-].Nc1ccc2ccccc2c1S(=O)(=O)[O-].[Bi+3]. The van der Waals surface area contributed by atoms with Gasteiger partial charge in [-0.15, -0.1) is 0 Å². The van der Waals surface area contributed by atoms with E-state index in [0.717, 1.165) is 0 Å². The van der Waals surface area contributed by atoms with E-state index in [0.29, 0.717) is 32.3 Å². The number of nitrogen functional groups attached to an aromatic ring is 3. The van der Waals surface area contributed by atoms with Crippen LogP contribution in [0.25, 0.3) is 32.3 Å². The van der Waals surface area contributed by atoms with Crippen LogP contribution in [0.15, 0.2) is 124 Å². The molecule has 0 heterocycles. The van der Waals surface area contributed by atoms with E-state index < -0.39 is 30.4 Å². The van der Waals surface area contributed by atoms with Crippen LogP contribution in [0.1, 0.15) is 0 Å². The normalized spacial score (nSPS) is 11.5. The van der Waals surface area contributed by atoms with Crippen molar-refractivity contribution in [1.82, 2.24) is 0 Å². The zero-order valence-corrected chi connectivity index (χ0v) is 29.4. The minimum Gasteiger partial charge on any atom is -0.744 e. The molecule has 0 saturated heterocycles. The van der Waals surface area contributed by atoms with E-state index >= 15 is 0 Å². The molecule has 0 saturated carbocycles. The number of nitrogens with two attached hydrogens (primary N) is 3. The maximum Gasteiger partial charge on any atom is 3.00 e. The van der Waals surface area contributed by atoms with Gasteiger partial charge in [-0.25, -0.2) is 25.3 Å². The summed E-state index contributed by atoms with van der Waals surface area (Å²) in [6, 6.07) is 29.5. The van der Waals surface area contributed by atoms with Crippen molar-refractivity contribution in [3.8, 4) is 0 Å². The molecule has 0 unspecified atom stereocenters. The van der Waals surface area contributed by atoms with E-state index in [1.54, 1.807) is 91.0 Å². The first kappa shape index (κ1) is 36.6. The molecular formula is C30H24BiN3O9S3. The van der Waals surface area contributed by atoms with Crippen molar-refractivity contribution in [2.75, 3.05) is 17.2 Å². The Bertz CT molecular complexity index is 2130. The van der Waals surface area contributed by atoms with Gasteiger partial charge in [0.2, 0.25) is 0 Å². The van der Waals surface area contributed by atoms with E-state index in [4.69, 9.17) is 17.2 Å². The molecule has 12 nitrogen and oxygen atoms in total. The smallest absolute Gasteiger partial charge is 0.744 e. The summed E-state index contributed by atoms with van der Waals surface area (Å²) < 4.78 is 99.3. The number of fused-ring (bicyclic) bond motifs is 3. The minimum atomic E-state index is -4.54. The quantitative estimate of drug-likeness (QED) is 0.131. The molecular weight excluding hydrogens is 852 g/mol. The van der Waals surface area contributed by atoms with Crippen molar-refractivity contribution in [2.45, 2.75) is 14.7 Å². The summed E-state index contributed by atoms with van der Waals surface area (Å²) in [4.78, 5) is -0.998. The van der Waals surface area contributed by atoms with Gasteiger partial charge in [0.15, 0.2) is 0 Å². The molecule has 236 valence electrons.